The number of rotatable bonds is 4. The van der Waals surface area contributed by atoms with E-state index in [0.29, 0.717) is 0 Å². The summed E-state index contributed by atoms with van der Waals surface area (Å²) >= 11 is 1.64. The third-order valence-corrected chi connectivity index (χ3v) is 4.05. The van der Waals surface area contributed by atoms with Crippen molar-refractivity contribution < 1.29 is 13.2 Å². The maximum Gasteiger partial charge on any atom is 0.416 e. The summed E-state index contributed by atoms with van der Waals surface area (Å²) in [7, 11) is 0. The number of alkyl halides is 3. The van der Waals surface area contributed by atoms with Gasteiger partial charge in [0.25, 0.3) is 0 Å². The van der Waals surface area contributed by atoms with E-state index in [0.717, 1.165) is 29.8 Å². The number of nitrogens with one attached hydrogen (secondary N) is 1. The topological polar surface area (TPSA) is 12.0 Å². The minimum atomic E-state index is -4.29. The fourth-order valence-corrected chi connectivity index (χ4v) is 2.91. The van der Waals surface area contributed by atoms with Gasteiger partial charge >= 0.3 is 6.18 Å². The standard InChI is InChI=1S/C15H16F3NS/c1-3-19-14(13-8-9-20-10(13)2)11-4-6-12(7-5-11)15(16,17)18/h4-9,14,19H,3H2,1-2H3. The molecule has 0 aliphatic rings. The van der Waals surface area contributed by atoms with Gasteiger partial charge in [0.15, 0.2) is 0 Å². The van der Waals surface area contributed by atoms with Gasteiger partial charge < -0.3 is 5.32 Å². The van der Waals surface area contributed by atoms with Crippen LogP contribution < -0.4 is 5.32 Å². The van der Waals surface area contributed by atoms with Gasteiger partial charge in [0, 0.05) is 4.88 Å². The molecule has 1 unspecified atom stereocenters. The number of halogens is 3. The highest BCUT2D eigenvalue weighted by Crippen LogP contribution is 2.32. The molecule has 0 radical (unpaired) electrons. The SMILES string of the molecule is CCNC(c1ccc(C(F)(F)F)cc1)c1ccsc1C. The first-order valence-electron chi connectivity index (χ1n) is 6.38. The van der Waals surface area contributed by atoms with Crippen molar-refractivity contribution in [3.8, 4) is 0 Å². The van der Waals surface area contributed by atoms with Crippen LogP contribution in [0.1, 0.15) is 34.5 Å². The van der Waals surface area contributed by atoms with Crippen LogP contribution in [0.25, 0.3) is 0 Å². The van der Waals surface area contributed by atoms with Crippen LogP contribution in [0.3, 0.4) is 0 Å². The predicted molar refractivity (Wildman–Crippen MR) is 76.0 cm³/mol. The molecule has 0 saturated heterocycles. The molecular formula is C15H16F3NS. The summed E-state index contributed by atoms with van der Waals surface area (Å²) in [6.07, 6.45) is -4.29. The lowest BCUT2D eigenvalue weighted by Gasteiger charge is -2.19. The number of hydrogen-bond acceptors (Lipinski definition) is 2. The minimum Gasteiger partial charge on any atom is -0.306 e. The van der Waals surface area contributed by atoms with Crippen molar-refractivity contribution in [1.29, 1.82) is 0 Å². The van der Waals surface area contributed by atoms with Gasteiger partial charge in [-0.25, -0.2) is 0 Å². The van der Waals surface area contributed by atoms with Crippen molar-refractivity contribution in [2.45, 2.75) is 26.1 Å². The molecular weight excluding hydrogens is 283 g/mol. The fourth-order valence-electron chi connectivity index (χ4n) is 2.17. The number of hydrogen-bond donors (Lipinski definition) is 1. The molecule has 0 aliphatic carbocycles. The minimum absolute atomic E-state index is 0.0615. The Balaban J connectivity index is 2.33. The van der Waals surface area contributed by atoms with Crippen molar-refractivity contribution in [2.24, 2.45) is 0 Å². The first-order valence-corrected chi connectivity index (χ1v) is 7.26. The van der Waals surface area contributed by atoms with Crippen LogP contribution in [0, 0.1) is 6.92 Å². The smallest absolute Gasteiger partial charge is 0.306 e. The van der Waals surface area contributed by atoms with E-state index in [4.69, 9.17) is 0 Å². The van der Waals surface area contributed by atoms with Crippen molar-refractivity contribution in [3.63, 3.8) is 0 Å². The number of aryl methyl sites for hydroxylation is 1. The van der Waals surface area contributed by atoms with Crippen LogP contribution in [-0.4, -0.2) is 6.54 Å². The van der Waals surface area contributed by atoms with Gasteiger partial charge in [-0.1, -0.05) is 19.1 Å². The highest BCUT2D eigenvalue weighted by molar-refractivity contribution is 7.10. The maximum atomic E-state index is 12.6. The summed E-state index contributed by atoms with van der Waals surface area (Å²) in [5.41, 5.74) is 1.36. The lowest BCUT2D eigenvalue weighted by molar-refractivity contribution is -0.137. The Labute approximate surface area is 120 Å². The maximum absolute atomic E-state index is 12.6. The van der Waals surface area contributed by atoms with Gasteiger partial charge in [-0.2, -0.15) is 13.2 Å². The summed E-state index contributed by atoms with van der Waals surface area (Å²) in [5.74, 6) is 0. The summed E-state index contributed by atoms with van der Waals surface area (Å²) in [5, 5.41) is 5.32. The number of thiophene rings is 1. The highest BCUT2D eigenvalue weighted by Gasteiger charge is 2.30. The Bertz CT molecular complexity index is 557. The van der Waals surface area contributed by atoms with E-state index in [-0.39, 0.29) is 6.04 Å². The second kappa shape index (κ2) is 5.97. The molecule has 1 N–H and O–H groups in total. The van der Waals surface area contributed by atoms with Crippen molar-refractivity contribution in [1.82, 2.24) is 5.32 Å². The Morgan fingerprint density at radius 2 is 1.80 bits per heavy atom. The molecule has 0 fully saturated rings. The Morgan fingerprint density at radius 1 is 1.15 bits per heavy atom. The molecule has 108 valence electrons. The molecule has 5 heteroatoms. The Kier molecular flexibility index (Phi) is 4.50. The van der Waals surface area contributed by atoms with Crippen molar-refractivity contribution >= 4 is 11.3 Å². The third-order valence-electron chi connectivity index (χ3n) is 3.19. The van der Waals surface area contributed by atoms with Gasteiger partial charge in [-0.15, -0.1) is 11.3 Å². The second-order valence-electron chi connectivity index (χ2n) is 4.54. The zero-order chi connectivity index (χ0) is 14.8. The molecule has 2 rings (SSSR count). The zero-order valence-electron chi connectivity index (χ0n) is 11.3. The molecule has 1 aromatic heterocycles. The normalized spacial score (nSPS) is 13.4. The first-order chi connectivity index (χ1) is 9.43. The Hall–Kier alpha value is -1.33. The molecule has 0 spiro atoms. The van der Waals surface area contributed by atoms with E-state index < -0.39 is 11.7 Å². The number of benzene rings is 1. The van der Waals surface area contributed by atoms with Gasteiger partial charge in [0.2, 0.25) is 0 Å². The van der Waals surface area contributed by atoms with E-state index in [1.807, 2.05) is 25.3 Å². The highest BCUT2D eigenvalue weighted by atomic mass is 32.1. The molecule has 0 saturated carbocycles. The average molecular weight is 299 g/mol. The monoisotopic (exact) mass is 299 g/mol. The van der Waals surface area contributed by atoms with Crippen LogP contribution in [0.15, 0.2) is 35.7 Å². The van der Waals surface area contributed by atoms with Crippen LogP contribution in [0.4, 0.5) is 13.2 Å². The molecule has 1 heterocycles. The summed E-state index contributed by atoms with van der Waals surface area (Å²) in [6, 6.07) is 7.34. The first kappa shape index (κ1) is 15.1. The lowest BCUT2D eigenvalue weighted by Crippen LogP contribution is -2.22. The van der Waals surface area contributed by atoms with Gasteiger partial charge in [-0.05, 0) is 48.2 Å². The molecule has 1 atom stereocenters. The van der Waals surface area contributed by atoms with Crippen LogP contribution >= 0.6 is 11.3 Å². The van der Waals surface area contributed by atoms with Gasteiger partial charge in [-0.3, -0.25) is 0 Å². The van der Waals surface area contributed by atoms with E-state index in [1.54, 1.807) is 23.5 Å². The van der Waals surface area contributed by atoms with Crippen LogP contribution in [0.2, 0.25) is 0 Å². The van der Waals surface area contributed by atoms with Gasteiger partial charge in [0.1, 0.15) is 0 Å². The van der Waals surface area contributed by atoms with E-state index in [1.165, 1.54) is 4.88 Å². The Morgan fingerprint density at radius 3 is 2.25 bits per heavy atom. The summed E-state index contributed by atoms with van der Waals surface area (Å²) in [4.78, 5) is 1.18. The molecule has 0 bridgehead atoms. The summed E-state index contributed by atoms with van der Waals surface area (Å²) < 4.78 is 37.8. The zero-order valence-corrected chi connectivity index (χ0v) is 12.1. The largest absolute Gasteiger partial charge is 0.416 e. The van der Waals surface area contributed by atoms with Crippen molar-refractivity contribution in [2.75, 3.05) is 6.54 Å². The molecule has 2 aromatic rings. The lowest BCUT2D eigenvalue weighted by atomic mass is 9.98. The fraction of sp³-hybridized carbons (Fsp3) is 0.333. The molecule has 20 heavy (non-hydrogen) atoms. The van der Waals surface area contributed by atoms with E-state index in [9.17, 15) is 13.2 Å². The second-order valence-corrected chi connectivity index (χ2v) is 5.66. The summed E-state index contributed by atoms with van der Waals surface area (Å²) in [6.45, 7) is 4.76. The molecule has 0 aliphatic heterocycles. The van der Waals surface area contributed by atoms with Crippen LogP contribution in [0.5, 0.6) is 0 Å². The van der Waals surface area contributed by atoms with E-state index >= 15 is 0 Å². The van der Waals surface area contributed by atoms with E-state index in [2.05, 4.69) is 5.32 Å². The molecule has 1 nitrogen and oxygen atoms in total. The third kappa shape index (κ3) is 3.22. The van der Waals surface area contributed by atoms with Crippen LogP contribution in [-0.2, 0) is 6.18 Å². The molecule has 0 amide bonds. The average Bonchev–Trinajstić information content (AvgIpc) is 2.81. The predicted octanol–water partition coefficient (Wildman–Crippen LogP) is 4.77. The van der Waals surface area contributed by atoms with Crippen molar-refractivity contribution in [3.05, 3.63) is 57.3 Å². The quantitative estimate of drug-likeness (QED) is 0.857. The van der Waals surface area contributed by atoms with Gasteiger partial charge in [0.05, 0.1) is 11.6 Å². The molecule has 1 aromatic carbocycles.